The van der Waals surface area contributed by atoms with Crippen molar-refractivity contribution in [3.63, 3.8) is 0 Å². The zero-order valence-electron chi connectivity index (χ0n) is 17.4. The van der Waals surface area contributed by atoms with E-state index >= 15 is 0 Å². The van der Waals surface area contributed by atoms with Crippen molar-refractivity contribution >= 4 is 5.91 Å². The van der Waals surface area contributed by atoms with Gasteiger partial charge in [0.05, 0.1) is 12.6 Å². The van der Waals surface area contributed by atoms with Crippen LogP contribution in [-0.2, 0) is 14.2 Å². The van der Waals surface area contributed by atoms with Crippen molar-refractivity contribution in [2.75, 3.05) is 13.2 Å². The summed E-state index contributed by atoms with van der Waals surface area (Å²) in [5.41, 5.74) is -0.334. The summed E-state index contributed by atoms with van der Waals surface area (Å²) in [6.45, 7) is 5.38. The second-order valence-corrected chi connectivity index (χ2v) is 8.20. The van der Waals surface area contributed by atoms with E-state index in [1.807, 2.05) is 0 Å². The van der Waals surface area contributed by atoms with Gasteiger partial charge in [-0.15, -0.1) is 0 Å². The first-order chi connectivity index (χ1) is 14.6. The van der Waals surface area contributed by atoms with E-state index in [4.69, 9.17) is 14.2 Å². The van der Waals surface area contributed by atoms with Crippen molar-refractivity contribution in [3.05, 3.63) is 68.2 Å². The lowest BCUT2D eigenvalue weighted by Crippen LogP contribution is -2.54. The molecule has 0 bridgehead atoms. The SMILES string of the molecule is Cc1cc(C(=O)NC[C@H]2OC[C@@H](n3ccc(=O)[nH]c3=O)[C@@H]3OC(C)(C)O[C@@H]32)ccc1F. The Balaban J connectivity index is 1.50. The highest BCUT2D eigenvalue weighted by molar-refractivity contribution is 5.94. The molecule has 0 unspecified atom stereocenters. The van der Waals surface area contributed by atoms with Crippen LogP contribution >= 0.6 is 0 Å². The molecule has 1 amide bonds. The number of amides is 1. The smallest absolute Gasteiger partial charge is 0.328 e. The number of hydrogen-bond acceptors (Lipinski definition) is 6. The average molecular weight is 433 g/mol. The number of fused-ring (bicyclic) bond motifs is 1. The number of ether oxygens (including phenoxy) is 3. The van der Waals surface area contributed by atoms with Crippen LogP contribution in [0, 0.1) is 12.7 Å². The Morgan fingerprint density at radius 2 is 2.00 bits per heavy atom. The molecule has 3 heterocycles. The van der Waals surface area contributed by atoms with Crippen molar-refractivity contribution < 1.29 is 23.4 Å². The Morgan fingerprint density at radius 3 is 2.71 bits per heavy atom. The molecule has 10 heteroatoms. The van der Waals surface area contributed by atoms with Gasteiger partial charge < -0.3 is 19.5 Å². The molecule has 1 aromatic heterocycles. The van der Waals surface area contributed by atoms with Crippen LogP contribution in [0.5, 0.6) is 0 Å². The minimum atomic E-state index is -0.913. The largest absolute Gasteiger partial charge is 0.371 e. The Kier molecular flexibility index (Phi) is 5.54. The first-order valence-corrected chi connectivity index (χ1v) is 9.98. The van der Waals surface area contributed by atoms with Crippen molar-refractivity contribution in [3.8, 4) is 0 Å². The Hall–Kier alpha value is -2.82. The molecule has 0 radical (unpaired) electrons. The van der Waals surface area contributed by atoms with Gasteiger partial charge in [-0.05, 0) is 44.5 Å². The maximum absolute atomic E-state index is 13.5. The first-order valence-electron chi connectivity index (χ1n) is 9.98. The Bertz CT molecular complexity index is 1110. The molecular formula is C21H24FN3O6. The predicted molar refractivity (Wildman–Crippen MR) is 107 cm³/mol. The number of halogens is 1. The van der Waals surface area contributed by atoms with E-state index in [2.05, 4.69) is 10.3 Å². The molecule has 4 atom stereocenters. The van der Waals surface area contributed by atoms with Crippen molar-refractivity contribution in [2.24, 2.45) is 0 Å². The number of hydrogen-bond donors (Lipinski definition) is 2. The normalized spacial score (nSPS) is 27.0. The van der Waals surface area contributed by atoms with E-state index in [1.54, 1.807) is 20.8 Å². The van der Waals surface area contributed by atoms with Gasteiger partial charge in [-0.25, -0.2) is 9.18 Å². The number of carbonyl (C=O) groups is 1. The third-order valence-electron chi connectivity index (χ3n) is 5.48. The van der Waals surface area contributed by atoms with Crippen LogP contribution < -0.4 is 16.6 Å². The van der Waals surface area contributed by atoms with Crippen molar-refractivity contribution in [1.29, 1.82) is 0 Å². The third kappa shape index (κ3) is 4.32. The van der Waals surface area contributed by atoms with Crippen LogP contribution in [0.25, 0.3) is 0 Å². The highest BCUT2D eigenvalue weighted by atomic mass is 19.1. The lowest BCUT2D eigenvalue weighted by molar-refractivity contribution is -0.153. The van der Waals surface area contributed by atoms with Crippen molar-refractivity contribution in [1.82, 2.24) is 14.9 Å². The summed E-state index contributed by atoms with van der Waals surface area (Å²) in [7, 11) is 0. The molecule has 2 aliphatic heterocycles. The van der Waals surface area contributed by atoms with Crippen LogP contribution in [0.15, 0.2) is 40.1 Å². The first kappa shape index (κ1) is 21.4. The summed E-state index contributed by atoms with van der Waals surface area (Å²) >= 11 is 0. The topological polar surface area (TPSA) is 112 Å². The fraction of sp³-hybridized carbons (Fsp3) is 0.476. The van der Waals surface area contributed by atoms with Crippen LogP contribution in [0.3, 0.4) is 0 Å². The van der Waals surface area contributed by atoms with Gasteiger partial charge in [0.25, 0.3) is 11.5 Å². The molecule has 2 aliphatic rings. The molecule has 2 saturated heterocycles. The fourth-order valence-electron chi connectivity index (χ4n) is 4.00. The minimum Gasteiger partial charge on any atom is -0.371 e. The Labute approximate surface area is 177 Å². The molecule has 2 aromatic rings. The summed E-state index contributed by atoms with van der Waals surface area (Å²) < 4.78 is 32.8. The zero-order valence-corrected chi connectivity index (χ0v) is 17.4. The second-order valence-electron chi connectivity index (χ2n) is 8.20. The number of aromatic amines is 1. The summed E-state index contributed by atoms with van der Waals surface area (Å²) in [5.74, 6) is -1.65. The van der Waals surface area contributed by atoms with Crippen LogP contribution in [-0.4, -0.2) is 52.7 Å². The number of carbonyl (C=O) groups excluding carboxylic acids is 1. The molecule has 1 aromatic carbocycles. The quantitative estimate of drug-likeness (QED) is 0.740. The lowest BCUT2D eigenvalue weighted by Gasteiger charge is -2.37. The zero-order chi connectivity index (χ0) is 22.3. The average Bonchev–Trinajstić information content (AvgIpc) is 3.03. The van der Waals surface area contributed by atoms with Crippen LogP contribution in [0.4, 0.5) is 4.39 Å². The van der Waals surface area contributed by atoms with Gasteiger partial charge >= 0.3 is 5.69 Å². The molecule has 31 heavy (non-hydrogen) atoms. The van der Waals surface area contributed by atoms with Gasteiger partial charge in [-0.1, -0.05) is 0 Å². The van der Waals surface area contributed by atoms with Gasteiger partial charge in [0.2, 0.25) is 0 Å². The van der Waals surface area contributed by atoms with Gasteiger partial charge in [-0.3, -0.25) is 19.1 Å². The summed E-state index contributed by atoms with van der Waals surface area (Å²) in [5, 5.41) is 2.79. The highest BCUT2D eigenvalue weighted by Gasteiger charge is 2.52. The third-order valence-corrected chi connectivity index (χ3v) is 5.48. The number of aromatic nitrogens is 2. The van der Waals surface area contributed by atoms with Gasteiger partial charge in [0, 0.05) is 24.4 Å². The van der Waals surface area contributed by atoms with Gasteiger partial charge in [0.1, 0.15) is 24.1 Å². The lowest BCUT2D eigenvalue weighted by atomic mass is 9.97. The Morgan fingerprint density at radius 1 is 1.26 bits per heavy atom. The number of benzene rings is 1. The van der Waals surface area contributed by atoms with Gasteiger partial charge in [-0.2, -0.15) is 0 Å². The maximum Gasteiger partial charge on any atom is 0.328 e. The molecule has 166 valence electrons. The monoisotopic (exact) mass is 433 g/mol. The maximum atomic E-state index is 13.5. The number of aryl methyl sites for hydroxylation is 1. The number of H-pyrrole nitrogens is 1. The van der Waals surface area contributed by atoms with E-state index in [9.17, 15) is 18.8 Å². The van der Waals surface area contributed by atoms with Gasteiger partial charge in [0.15, 0.2) is 5.79 Å². The van der Waals surface area contributed by atoms with E-state index in [-0.39, 0.29) is 24.9 Å². The summed E-state index contributed by atoms with van der Waals surface area (Å²) in [6, 6.07) is 4.89. The standard InChI is InChI=1S/C21H24FN3O6/c1-11-8-12(4-5-13(11)22)19(27)23-9-15-18-17(30-21(2,3)31-18)14(10-29-15)25-7-6-16(26)24-20(25)28/h4-8,14-15,17-18H,9-10H2,1-3H3,(H,23,27)(H,24,26,28)/t14-,15-,17+,18-/m1/s1. The van der Waals surface area contributed by atoms with E-state index in [1.165, 1.54) is 35.0 Å². The number of nitrogens with one attached hydrogen (secondary N) is 2. The van der Waals surface area contributed by atoms with Crippen molar-refractivity contribution in [2.45, 2.75) is 50.9 Å². The molecule has 0 saturated carbocycles. The molecule has 9 nitrogen and oxygen atoms in total. The molecule has 4 rings (SSSR count). The summed E-state index contributed by atoms with van der Waals surface area (Å²) in [6.07, 6.45) is -0.197. The fourth-order valence-corrected chi connectivity index (χ4v) is 4.00. The highest BCUT2D eigenvalue weighted by Crippen LogP contribution is 2.39. The van der Waals surface area contributed by atoms with E-state index < -0.39 is 41.4 Å². The van der Waals surface area contributed by atoms with E-state index in [0.717, 1.165) is 0 Å². The predicted octanol–water partition coefficient (Wildman–Crippen LogP) is 0.874. The van der Waals surface area contributed by atoms with Crippen LogP contribution in [0.2, 0.25) is 0 Å². The summed E-state index contributed by atoms with van der Waals surface area (Å²) in [4.78, 5) is 38.4. The minimum absolute atomic E-state index is 0.128. The van der Waals surface area contributed by atoms with Crippen LogP contribution in [0.1, 0.15) is 35.8 Å². The van der Waals surface area contributed by atoms with E-state index in [0.29, 0.717) is 11.1 Å². The molecular weight excluding hydrogens is 409 g/mol. The molecule has 2 N–H and O–H groups in total. The second kappa shape index (κ2) is 8.03. The number of rotatable bonds is 4. The molecule has 0 aliphatic carbocycles. The molecule has 2 fully saturated rings. The molecule has 0 spiro atoms. The number of nitrogens with zero attached hydrogens (tertiary/aromatic N) is 1.